The second-order valence-corrected chi connectivity index (χ2v) is 5.64. The number of carbonyl (C=O) groups is 3. The summed E-state index contributed by atoms with van der Waals surface area (Å²) in [6, 6.07) is 0. The van der Waals surface area contributed by atoms with Gasteiger partial charge < -0.3 is 4.74 Å². The highest BCUT2D eigenvalue weighted by Gasteiger charge is 2.47. The van der Waals surface area contributed by atoms with Crippen LogP contribution < -0.4 is 10.0 Å². The molecule has 3 amide bonds. The Kier molecular flexibility index (Phi) is 3.62. The lowest BCUT2D eigenvalue weighted by Crippen LogP contribution is -2.67. The highest BCUT2D eigenvalue weighted by atomic mass is 32.2. The van der Waals surface area contributed by atoms with Crippen LogP contribution in [0.25, 0.3) is 0 Å². The predicted molar refractivity (Wildman–Crippen MR) is 58.4 cm³/mol. The van der Waals surface area contributed by atoms with E-state index in [0.717, 1.165) is 7.11 Å². The van der Waals surface area contributed by atoms with E-state index >= 15 is 0 Å². The molecular formula is C8H13N3O6S. The molecule has 0 aromatic heterocycles. The number of nitrogens with one attached hydrogen (secondary N) is 2. The molecule has 1 aliphatic heterocycles. The second-order valence-electron chi connectivity index (χ2n) is 4.04. The monoisotopic (exact) mass is 279 g/mol. The number of imide groups is 1. The first-order valence-corrected chi connectivity index (χ1v) is 6.28. The van der Waals surface area contributed by atoms with E-state index in [1.165, 1.54) is 13.8 Å². The fourth-order valence-electron chi connectivity index (χ4n) is 1.35. The lowest BCUT2D eigenvalue weighted by molar-refractivity contribution is -0.141. The van der Waals surface area contributed by atoms with Gasteiger partial charge in [0.25, 0.3) is 0 Å². The molecule has 10 heteroatoms. The summed E-state index contributed by atoms with van der Waals surface area (Å²) in [5, 5.41) is 2.01. The van der Waals surface area contributed by atoms with E-state index in [2.05, 4.69) is 4.74 Å². The molecule has 9 nitrogen and oxygen atoms in total. The Hall–Kier alpha value is -1.68. The minimum absolute atomic E-state index is 0.564. The zero-order valence-electron chi connectivity index (χ0n) is 10.0. The summed E-state index contributed by atoms with van der Waals surface area (Å²) in [4.78, 5) is 33.7. The average Bonchev–Trinajstić information content (AvgIpc) is 2.22. The molecule has 0 saturated carbocycles. The fraction of sp³-hybridized carbons (Fsp3) is 0.625. The second kappa shape index (κ2) is 4.53. The molecule has 1 heterocycles. The van der Waals surface area contributed by atoms with E-state index in [9.17, 15) is 22.8 Å². The Labute approximate surface area is 104 Å². The first-order valence-electron chi connectivity index (χ1n) is 4.84. The summed E-state index contributed by atoms with van der Waals surface area (Å²) < 4.78 is 30.0. The number of carbonyl (C=O) groups excluding carboxylic acids is 3. The third kappa shape index (κ3) is 2.59. The van der Waals surface area contributed by atoms with Crippen LogP contribution >= 0.6 is 0 Å². The number of hydrogen-bond donors (Lipinski definition) is 2. The van der Waals surface area contributed by atoms with E-state index in [4.69, 9.17) is 0 Å². The van der Waals surface area contributed by atoms with Crippen molar-refractivity contribution in [3.63, 3.8) is 0 Å². The Morgan fingerprint density at radius 1 is 1.44 bits per heavy atom. The number of nitrogens with zero attached hydrogens (tertiary/aromatic N) is 1. The van der Waals surface area contributed by atoms with Crippen molar-refractivity contribution in [1.82, 2.24) is 14.3 Å². The number of amides is 3. The van der Waals surface area contributed by atoms with Crippen molar-refractivity contribution in [2.24, 2.45) is 0 Å². The molecule has 0 aromatic carbocycles. The highest BCUT2D eigenvalue weighted by molar-refractivity contribution is 7.87. The van der Waals surface area contributed by atoms with Crippen LogP contribution in [-0.2, 0) is 24.5 Å². The van der Waals surface area contributed by atoms with Crippen LogP contribution in [-0.4, -0.2) is 49.8 Å². The Balaban J connectivity index is 3.09. The van der Waals surface area contributed by atoms with Crippen LogP contribution in [0.4, 0.5) is 4.79 Å². The first kappa shape index (κ1) is 14.4. The van der Waals surface area contributed by atoms with Gasteiger partial charge in [-0.25, -0.2) is 9.52 Å². The van der Waals surface area contributed by atoms with Gasteiger partial charge in [-0.1, -0.05) is 0 Å². The van der Waals surface area contributed by atoms with Gasteiger partial charge in [-0.05, 0) is 13.8 Å². The summed E-state index contributed by atoms with van der Waals surface area (Å²) in [6.07, 6.45) is -1.20. The predicted octanol–water partition coefficient (Wildman–Crippen LogP) is -1.68. The molecule has 18 heavy (non-hydrogen) atoms. The molecule has 0 atom stereocenters. The molecule has 0 unspecified atom stereocenters. The number of ether oxygens (including phenoxy) is 1. The van der Waals surface area contributed by atoms with Crippen LogP contribution in [0, 0.1) is 0 Å². The van der Waals surface area contributed by atoms with Crippen molar-refractivity contribution < 1.29 is 27.5 Å². The van der Waals surface area contributed by atoms with Crippen molar-refractivity contribution >= 4 is 28.1 Å². The molecule has 0 aliphatic carbocycles. The quantitative estimate of drug-likeness (QED) is 0.582. The van der Waals surface area contributed by atoms with E-state index < -0.39 is 40.2 Å². The average molecular weight is 279 g/mol. The van der Waals surface area contributed by atoms with E-state index in [1.807, 2.05) is 5.32 Å². The molecular weight excluding hydrogens is 266 g/mol. The third-order valence-corrected chi connectivity index (χ3v) is 4.00. The van der Waals surface area contributed by atoms with Crippen LogP contribution in [0.5, 0.6) is 0 Å². The molecule has 0 radical (unpaired) electrons. The summed E-state index contributed by atoms with van der Waals surface area (Å²) >= 11 is 0. The molecule has 102 valence electrons. The summed E-state index contributed by atoms with van der Waals surface area (Å²) in [5.74, 6) is -1.54. The Morgan fingerprint density at radius 3 is 2.50 bits per heavy atom. The van der Waals surface area contributed by atoms with E-state index in [-0.39, 0.29) is 0 Å². The summed E-state index contributed by atoms with van der Waals surface area (Å²) in [5.41, 5.74) is -1.49. The van der Waals surface area contributed by atoms with Crippen LogP contribution in [0.1, 0.15) is 13.8 Å². The van der Waals surface area contributed by atoms with Crippen molar-refractivity contribution in [3.8, 4) is 0 Å². The van der Waals surface area contributed by atoms with Gasteiger partial charge in [0.2, 0.25) is 11.8 Å². The smallest absolute Gasteiger partial charge is 0.421 e. The maximum Gasteiger partial charge on any atom is 0.421 e. The first-order chi connectivity index (χ1) is 8.11. The lowest BCUT2D eigenvalue weighted by atomic mass is 10.0. The van der Waals surface area contributed by atoms with Gasteiger partial charge in [0.1, 0.15) is 5.54 Å². The van der Waals surface area contributed by atoms with Crippen LogP contribution in [0.2, 0.25) is 0 Å². The molecule has 1 fully saturated rings. The van der Waals surface area contributed by atoms with Crippen molar-refractivity contribution in [2.45, 2.75) is 19.4 Å². The number of rotatable bonds is 2. The minimum Gasteiger partial charge on any atom is -0.452 e. The summed E-state index contributed by atoms with van der Waals surface area (Å²) in [7, 11) is -3.35. The van der Waals surface area contributed by atoms with Crippen molar-refractivity contribution in [2.75, 3.05) is 13.7 Å². The topological polar surface area (TPSA) is 122 Å². The maximum absolute atomic E-state index is 11.8. The minimum atomic E-state index is -4.34. The molecule has 0 bridgehead atoms. The zero-order chi connectivity index (χ0) is 14.1. The Bertz CT molecular complexity index is 497. The van der Waals surface area contributed by atoms with Crippen molar-refractivity contribution in [1.29, 1.82) is 0 Å². The summed E-state index contributed by atoms with van der Waals surface area (Å²) in [6.45, 7) is 2.06. The van der Waals surface area contributed by atoms with Gasteiger partial charge in [0, 0.05) is 0 Å². The van der Waals surface area contributed by atoms with Gasteiger partial charge in [0.15, 0.2) is 0 Å². The SMILES string of the molecule is COC(=O)NS(=O)(=O)N1CC(=O)NC(=O)C1(C)C. The number of methoxy groups -OCH3 is 1. The molecule has 1 rings (SSSR count). The molecule has 2 N–H and O–H groups in total. The van der Waals surface area contributed by atoms with Gasteiger partial charge in [-0.15, -0.1) is 0 Å². The molecule has 0 aromatic rings. The normalized spacial score (nSPS) is 20.2. The fourth-order valence-corrected chi connectivity index (χ4v) is 2.72. The van der Waals surface area contributed by atoms with Crippen LogP contribution in [0.3, 0.4) is 0 Å². The van der Waals surface area contributed by atoms with Gasteiger partial charge in [-0.3, -0.25) is 14.9 Å². The highest BCUT2D eigenvalue weighted by Crippen LogP contribution is 2.21. The third-order valence-electron chi connectivity index (χ3n) is 2.41. The molecule has 1 saturated heterocycles. The number of hydrogen-bond acceptors (Lipinski definition) is 6. The van der Waals surface area contributed by atoms with Gasteiger partial charge >= 0.3 is 16.3 Å². The van der Waals surface area contributed by atoms with Gasteiger partial charge in [0.05, 0.1) is 13.7 Å². The largest absolute Gasteiger partial charge is 0.452 e. The maximum atomic E-state index is 11.8. The van der Waals surface area contributed by atoms with Crippen molar-refractivity contribution in [3.05, 3.63) is 0 Å². The van der Waals surface area contributed by atoms with E-state index in [1.54, 1.807) is 4.72 Å². The lowest BCUT2D eigenvalue weighted by Gasteiger charge is -2.38. The molecule has 1 aliphatic rings. The molecule has 0 spiro atoms. The van der Waals surface area contributed by atoms with Gasteiger partial charge in [-0.2, -0.15) is 12.7 Å². The number of piperazine rings is 1. The van der Waals surface area contributed by atoms with Crippen LogP contribution in [0.15, 0.2) is 0 Å². The van der Waals surface area contributed by atoms with E-state index in [0.29, 0.717) is 4.31 Å². The standard InChI is InChI=1S/C8H13N3O6S/c1-8(2)6(13)9-5(12)4-11(8)18(15,16)10-7(14)17-3/h4H2,1-3H3,(H,10,14)(H,9,12,13). The Morgan fingerprint density at radius 2 is 2.00 bits per heavy atom. The zero-order valence-corrected chi connectivity index (χ0v) is 10.8.